The van der Waals surface area contributed by atoms with Crippen molar-refractivity contribution in [2.45, 2.75) is 13.0 Å². The van der Waals surface area contributed by atoms with Gasteiger partial charge in [0.1, 0.15) is 6.04 Å². The molecule has 0 saturated carbocycles. The van der Waals surface area contributed by atoms with Crippen molar-refractivity contribution in [1.29, 1.82) is 0 Å². The fraction of sp³-hybridized carbons (Fsp3) is 0.176. The third-order valence-electron chi connectivity index (χ3n) is 4.09. The van der Waals surface area contributed by atoms with Gasteiger partial charge >= 0.3 is 0 Å². The minimum absolute atomic E-state index is 0.0721. The number of nitrogens with zero attached hydrogens (tertiary/aromatic N) is 6. The van der Waals surface area contributed by atoms with E-state index in [2.05, 4.69) is 31.5 Å². The van der Waals surface area contributed by atoms with Gasteiger partial charge in [-0.05, 0) is 40.3 Å². The van der Waals surface area contributed by atoms with Crippen molar-refractivity contribution in [2.24, 2.45) is 0 Å². The van der Waals surface area contributed by atoms with Crippen LogP contribution in [0.4, 0.5) is 5.69 Å². The summed E-state index contributed by atoms with van der Waals surface area (Å²) in [5.74, 6) is 0.146. The number of amides is 1. The molecule has 0 fully saturated rings. The SMILES string of the molecule is CC(=O)N(C)[C@@H](c1cccc([N+](=O)[O-])c1)c1nnnn1-c1ccc(Br)cc1. The zero-order chi connectivity index (χ0) is 19.6. The standard InChI is InChI=1S/C17H15BrN6O3/c1-11(25)22(2)16(12-4-3-5-15(10-12)24(26)27)17-19-20-21-23(17)14-8-6-13(18)7-9-14/h3-10,16H,1-2H3/t16-/m0/s1. The van der Waals surface area contributed by atoms with Gasteiger partial charge < -0.3 is 4.90 Å². The summed E-state index contributed by atoms with van der Waals surface area (Å²) in [6.45, 7) is 1.41. The van der Waals surface area contributed by atoms with Gasteiger partial charge in [0.25, 0.3) is 5.69 Å². The van der Waals surface area contributed by atoms with Crippen molar-refractivity contribution < 1.29 is 9.72 Å². The fourth-order valence-corrected chi connectivity index (χ4v) is 2.93. The van der Waals surface area contributed by atoms with Crippen LogP contribution in [0.2, 0.25) is 0 Å². The first-order valence-electron chi connectivity index (χ1n) is 7.90. The Balaban J connectivity index is 2.15. The van der Waals surface area contributed by atoms with Gasteiger partial charge in [0.15, 0.2) is 5.82 Å². The Morgan fingerprint density at radius 1 is 1.26 bits per heavy atom. The number of nitro benzene ring substituents is 1. The van der Waals surface area contributed by atoms with Crippen LogP contribution >= 0.6 is 15.9 Å². The molecule has 27 heavy (non-hydrogen) atoms. The Morgan fingerprint density at radius 2 is 1.96 bits per heavy atom. The van der Waals surface area contributed by atoms with E-state index >= 15 is 0 Å². The Kier molecular flexibility index (Phi) is 5.26. The zero-order valence-corrected chi connectivity index (χ0v) is 16.1. The number of carbonyl (C=O) groups excluding carboxylic acids is 1. The zero-order valence-electron chi connectivity index (χ0n) is 14.5. The van der Waals surface area contributed by atoms with Gasteiger partial charge in [0, 0.05) is 30.6 Å². The van der Waals surface area contributed by atoms with E-state index in [1.807, 2.05) is 24.3 Å². The minimum Gasteiger partial charge on any atom is -0.332 e. The van der Waals surface area contributed by atoms with Crippen LogP contribution in [-0.2, 0) is 4.79 Å². The number of non-ortho nitro benzene ring substituents is 1. The first kappa shape index (κ1) is 18.6. The second-order valence-corrected chi connectivity index (χ2v) is 6.73. The van der Waals surface area contributed by atoms with Crippen molar-refractivity contribution in [3.8, 4) is 5.69 Å². The number of carbonyl (C=O) groups is 1. The third kappa shape index (κ3) is 3.85. The first-order valence-corrected chi connectivity index (χ1v) is 8.69. The van der Waals surface area contributed by atoms with Gasteiger partial charge in [-0.1, -0.05) is 28.1 Å². The summed E-state index contributed by atoms with van der Waals surface area (Å²) in [7, 11) is 1.60. The first-order chi connectivity index (χ1) is 12.9. The lowest BCUT2D eigenvalue weighted by Crippen LogP contribution is -2.32. The van der Waals surface area contributed by atoms with Crippen LogP contribution in [0.15, 0.2) is 53.0 Å². The topological polar surface area (TPSA) is 107 Å². The predicted molar refractivity (Wildman–Crippen MR) is 100 cm³/mol. The summed E-state index contributed by atoms with van der Waals surface area (Å²) in [4.78, 5) is 24.2. The Morgan fingerprint density at radius 3 is 2.59 bits per heavy atom. The van der Waals surface area contributed by atoms with E-state index < -0.39 is 11.0 Å². The molecule has 0 saturated heterocycles. The minimum atomic E-state index is -0.693. The normalized spacial score (nSPS) is 11.8. The average Bonchev–Trinajstić information content (AvgIpc) is 3.12. The molecule has 9 nitrogen and oxygen atoms in total. The van der Waals surface area contributed by atoms with Crippen LogP contribution < -0.4 is 0 Å². The van der Waals surface area contributed by atoms with E-state index in [1.165, 1.54) is 28.6 Å². The van der Waals surface area contributed by atoms with Crippen molar-refractivity contribution in [3.05, 3.63) is 74.5 Å². The molecule has 3 rings (SSSR count). The quantitative estimate of drug-likeness (QED) is 0.454. The molecule has 1 atom stereocenters. The second kappa shape index (κ2) is 7.62. The van der Waals surface area contributed by atoms with Crippen molar-refractivity contribution >= 4 is 27.5 Å². The maximum atomic E-state index is 12.1. The van der Waals surface area contributed by atoms with E-state index in [0.717, 1.165) is 4.47 Å². The molecular formula is C17H15BrN6O3. The van der Waals surface area contributed by atoms with Gasteiger partial charge in [0.05, 0.1) is 10.6 Å². The number of rotatable bonds is 5. The number of aromatic nitrogens is 4. The summed E-state index contributed by atoms with van der Waals surface area (Å²) in [6, 6.07) is 12.7. The maximum absolute atomic E-state index is 12.1. The molecule has 1 amide bonds. The molecule has 0 aliphatic rings. The summed E-state index contributed by atoms with van der Waals surface area (Å²) in [5, 5.41) is 23.0. The highest BCUT2D eigenvalue weighted by Crippen LogP contribution is 2.29. The van der Waals surface area contributed by atoms with E-state index in [9.17, 15) is 14.9 Å². The highest BCUT2D eigenvalue weighted by Gasteiger charge is 2.29. The van der Waals surface area contributed by atoms with Crippen LogP contribution in [-0.4, -0.2) is 43.0 Å². The van der Waals surface area contributed by atoms with Gasteiger partial charge in [-0.15, -0.1) is 5.10 Å². The molecular weight excluding hydrogens is 416 g/mol. The van der Waals surface area contributed by atoms with E-state index in [1.54, 1.807) is 19.2 Å². The molecule has 0 radical (unpaired) electrons. The molecule has 1 aromatic heterocycles. The number of hydrogen-bond donors (Lipinski definition) is 0. The average molecular weight is 431 g/mol. The number of benzene rings is 2. The molecule has 0 aliphatic carbocycles. The van der Waals surface area contributed by atoms with Gasteiger partial charge in [0.2, 0.25) is 5.91 Å². The monoisotopic (exact) mass is 430 g/mol. The molecule has 0 spiro atoms. The molecule has 138 valence electrons. The van der Waals surface area contributed by atoms with Crippen molar-refractivity contribution in [1.82, 2.24) is 25.1 Å². The van der Waals surface area contributed by atoms with Gasteiger partial charge in [-0.3, -0.25) is 14.9 Å². The summed E-state index contributed by atoms with van der Waals surface area (Å²) < 4.78 is 2.41. The molecule has 0 aliphatic heterocycles. The Bertz CT molecular complexity index is 988. The Hall–Kier alpha value is -3.14. The predicted octanol–water partition coefficient (Wildman–Crippen LogP) is 2.90. The van der Waals surface area contributed by atoms with Crippen LogP contribution in [0, 0.1) is 10.1 Å². The van der Waals surface area contributed by atoms with E-state index in [0.29, 0.717) is 17.1 Å². The number of hydrogen-bond acceptors (Lipinski definition) is 6. The summed E-state index contributed by atoms with van der Waals surface area (Å²) in [5.41, 5.74) is 1.16. The summed E-state index contributed by atoms with van der Waals surface area (Å²) in [6.07, 6.45) is 0. The molecule has 3 aromatic rings. The smallest absolute Gasteiger partial charge is 0.269 e. The lowest BCUT2D eigenvalue weighted by atomic mass is 10.0. The van der Waals surface area contributed by atoms with Crippen LogP contribution in [0.3, 0.4) is 0 Å². The number of halogens is 1. The molecule has 1 heterocycles. The molecule has 0 N–H and O–H groups in total. The number of nitro groups is 1. The lowest BCUT2D eigenvalue weighted by Gasteiger charge is -2.26. The van der Waals surface area contributed by atoms with Crippen LogP contribution in [0.5, 0.6) is 0 Å². The largest absolute Gasteiger partial charge is 0.332 e. The third-order valence-corrected chi connectivity index (χ3v) is 4.62. The maximum Gasteiger partial charge on any atom is 0.269 e. The second-order valence-electron chi connectivity index (χ2n) is 5.81. The lowest BCUT2D eigenvalue weighted by molar-refractivity contribution is -0.384. The highest BCUT2D eigenvalue weighted by molar-refractivity contribution is 9.10. The van der Waals surface area contributed by atoms with Crippen molar-refractivity contribution in [2.75, 3.05) is 7.05 Å². The van der Waals surface area contributed by atoms with Crippen LogP contribution in [0.1, 0.15) is 24.4 Å². The highest BCUT2D eigenvalue weighted by atomic mass is 79.9. The molecule has 0 bridgehead atoms. The van der Waals surface area contributed by atoms with Crippen LogP contribution in [0.25, 0.3) is 5.69 Å². The fourth-order valence-electron chi connectivity index (χ4n) is 2.67. The van der Waals surface area contributed by atoms with Gasteiger partial charge in [-0.25, -0.2) is 0 Å². The number of tetrazole rings is 1. The summed E-state index contributed by atoms with van der Waals surface area (Å²) >= 11 is 3.38. The van der Waals surface area contributed by atoms with E-state index in [-0.39, 0.29) is 11.6 Å². The molecule has 2 aromatic carbocycles. The van der Waals surface area contributed by atoms with Crippen molar-refractivity contribution in [3.63, 3.8) is 0 Å². The molecule has 0 unspecified atom stereocenters. The van der Waals surface area contributed by atoms with E-state index in [4.69, 9.17) is 0 Å². The molecule has 10 heteroatoms. The van der Waals surface area contributed by atoms with Gasteiger partial charge in [-0.2, -0.15) is 4.68 Å². The Labute approximate surface area is 162 Å².